The smallest absolute Gasteiger partial charge is 0.360 e. The fourth-order valence-electron chi connectivity index (χ4n) is 1.89. The maximum atomic E-state index is 11.6. The normalized spacial score (nSPS) is 11.3. The van der Waals surface area contributed by atoms with Crippen molar-refractivity contribution in [1.82, 2.24) is 4.98 Å². The van der Waals surface area contributed by atoms with Crippen LogP contribution in [0.4, 0.5) is 0 Å². The minimum atomic E-state index is -0.309. The van der Waals surface area contributed by atoms with Gasteiger partial charge >= 0.3 is 5.63 Å². The molecular weight excluding hydrogens is 190 g/mol. The summed E-state index contributed by atoms with van der Waals surface area (Å²) in [5.74, 6) is 0. The minimum Gasteiger partial charge on any atom is -0.421 e. The SMILES string of the molecule is Cc1cc2c([nH]1)c(=O)oc1ccccc12. The summed E-state index contributed by atoms with van der Waals surface area (Å²) in [6, 6.07) is 9.52. The van der Waals surface area contributed by atoms with E-state index in [0.29, 0.717) is 11.1 Å². The van der Waals surface area contributed by atoms with E-state index in [4.69, 9.17) is 4.42 Å². The first-order chi connectivity index (χ1) is 7.25. The Hall–Kier alpha value is -2.03. The summed E-state index contributed by atoms with van der Waals surface area (Å²) in [5.41, 5.74) is 1.84. The molecule has 74 valence electrons. The molecular formula is C12H9NO2. The highest BCUT2D eigenvalue weighted by molar-refractivity contribution is 6.03. The number of rotatable bonds is 0. The number of hydrogen-bond donors (Lipinski definition) is 1. The molecule has 0 saturated carbocycles. The summed E-state index contributed by atoms with van der Waals surface area (Å²) in [6.07, 6.45) is 0. The fraction of sp³-hybridized carbons (Fsp3) is 0.0833. The molecule has 0 fully saturated rings. The van der Waals surface area contributed by atoms with Crippen LogP contribution in [0.15, 0.2) is 39.5 Å². The molecule has 1 aromatic carbocycles. The fourth-order valence-corrected chi connectivity index (χ4v) is 1.89. The molecule has 0 radical (unpaired) electrons. The summed E-state index contributed by atoms with van der Waals surface area (Å²) >= 11 is 0. The second-order valence-electron chi connectivity index (χ2n) is 3.63. The second-order valence-corrected chi connectivity index (χ2v) is 3.63. The Balaban J connectivity index is 2.69. The number of fused-ring (bicyclic) bond motifs is 3. The van der Waals surface area contributed by atoms with E-state index in [2.05, 4.69) is 4.98 Å². The van der Waals surface area contributed by atoms with E-state index < -0.39 is 0 Å². The molecule has 0 amide bonds. The van der Waals surface area contributed by atoms with Gasteiger partial charge in [-0.15, -0.1) is 0 Å². The average molecular weight is 199 g/mol. The predicted molar refractivity (Wildman–Crippen MR) is 59.1 cm³/mol. The zero-order chi connectivity index (χ0) is 10.4. The Bertz CT molecular complexity index is 706. The lowest BCUT2D eigenvalue weighted by atomic mass is 10.1. The molecule has 3 heteroatoms. The van der Waals surface area contributed by atoms with E-state index >= 15 is 0 Å². The van der Waals surface area contributed by atoms with Crippen molar-refractivity contribution in [1.29, 1.82) is 0 Å². The highest BCUT2D eigenvalue weighted by Gasteiger charge is 2.08. The Morgan fingerprint density at radius 3 is 2.87 bits per heavy atom. The topological polar surface area (TPSA) is 46.0 Å². The van der Waals surface area contributed by atoms with Crippen LogP contribution >= 0.6 is 0 Å². The number of aromatic nitrogens is 1. The van der Waals surface area contributed by atoms with E-state index in [1.807, 2.05) is 31.2 Å². The second kappa shape index (κ2) is 2.73. The van der Waals surface area contributed by atoms with Crippen LogP contribution in [0, 0.1) is 6.92 Å². The van der Waals surface area contributed by atoms with Crippen LogP contribution in [-0.2, 0) is 0 Å². The molecule has 1 N–H and O–H groups in total. The van der Waals surface area contributed by atoms with Crippen molar-refractivity contribution >= 4 is 21.9 Å². The van der Waals surface area contributed by atoms with E-state index in [0.717, 1.165) is 16.5 Å². The van der Waals surface area contributed by atoms with Crippen LogP contribution in [0.25, 0.3) is 21.9 Å². The number of aromatic amines is 1. The summed E-state index contributed by atoms with van der Waals surface area (Å²) in [4.78, 5) is 14.6. The van der Waals surface area contributed by atoms with Crippen molar-refractivity contribution in [2.75, 3.05) is 0 Å². The minimum absolute atomic E-state index is 0.309. The van der Waals surface area contributed by atoms with Gasteiger partial charge < -0.3 is 9.40 Å². The van der Waals surface area contributed by atoms with Crippen molar-refractivity contribution in [3.05, 3.63) is 46.4 Å². The number of benzene rings is 1. The summed E-state index contributed by atoms with van der Waals surface area (Å²) < 4.78 is 5.20. The first-order valence-corrected chi connectivity index (χ1v) is 4.77. The Labute approximate surface area is 85.3 Å². The molecule has 0 saturated heterocycles. The van der Waals surface area contributed by atoms with Crippen molar-refractivity contribution < 1.29 is 4.42 Å². The molecule has 0 atom stereocenters. The van der Waals surface area contributed by atoms with E-state index in [-0.39, 0.29) is 5.63 Å². The maximum Gasteiger partial charge on any atom is 0.360 e. The molecule has 0 aliphatic carbocycles. The monoisotopic (exact) mass is 199 g/mol. The molecule has 0 spiro atoms. The van der Waals surface area contributed by atoms with Gasteiger partial charge in [-0.25, -0.2) is 4.79 Å². The highest BCUT2D eigenvalue weighted by atomic mass is 16.4. The van der Waals surface area contributed by atoms with Gasteiger partial charge in [0.2, 0.25) is 0 Å². The van der Waals surface area contributed by atoms with E-state index in [9.17, 15) is 4.79 Å². The van der Waals surface area contributed by atoms with Crippen LogP contribution in [0.5, 0.6) is 0 Å². The third-order valence-electron chi connectivity index (χ3n) is 2.54. The standard InChI is InChI=1S/C12H9NO2/c1-7-6-9-8-4-2-3-5-10(8)15-12(14)11(9)13-7/h2-6,13H,1H3. The zero-order valence-electron chi connectivity index (χ0n) is 8.20. The molecule has 3 rings (SSSR count). The van der Waals surface area contributed by atoms with Crippen molar-refractivity contribution in [3.8, 4) is 0 Å². The molecule has 0 aliphatic heterocycles. The van der Waals surface area contributed by atoms with Crippen LogP contribution < -0.4 is 5.63 Å². The summed E-state index contributed by atoms with van der Waals surface area (Å²) in [7, 11) is 0. The molecule has 0 aliphatic rings. The Morgan fingerprint density at radius 1 is 1.20 bits per heavy atom. The van der Waals surface area contributed by atoms with Gasteiger partial charge in [-0.3, -0.25) is 0 Å². The molecule has 15 heavy (non-hydrogen) atoms. The number of aryl methyl sites for hydroxylation is 1. The zero-order valence-corrected chi connectivity index (χ0v) is 8.20. The molecule has 3 nitrogen and oxygen atoms in total. The van der Waals surface area contributed by atoms with Gasteiger partial charge in [0, 0.05) is 16.5 Å². The molecule has 2 aromatic heterocycles. The van der Waals surface area contributed by atoms with Gasteiger partial charge in [0.25, 0.3) is 0 Å². The van der Waals surface area contributed by atoms with Gasteiger partial charge in [0.1, 0.15) is 11.1 Å². The molecule has 0 unspecified atom stereocenters. The first-order valence-electron chi connectivity index (χ1n) is 4.77. The van der Waals surface area contributed by atoms with Gasteiger partial charge in [0.05, 0.1) is 0 Å². The Kier molecular flexibility index (Phi) is 1.51. The van der Waals surface area contributed by atoms with Crippen LogP contribution in [0.3, 0.4) is 0 Å². The lowest BCUT2D eigenvalue weighted by molar-refractivity contribution is 0.568. The van der Waals surface area contributed by atoms with E-state index in [1.165, 1.54) is 0 Å². The van der Waals surface area contributed by atoms with Gasteiger partial charge in [-0.1, -0.05) is 18.2 Å². The number of nitrogens with one attached hydrogen (secondary N) is 1. The van der Waals surface area contributed by atoms with Crippen molar-refractivity contribution in [2.24, 2.45) is 0 Å². The summed E-state index contributed by atoms with van der Waals surface area (Å²) in [6.45, 7) is 1.92. The Morgan fingerprint density at radius 2 is 2.00 bits per heavy atom. The third-order valence-corrected chi connectivity index (χ3v) is 2.54. The largest absolute Gasteiger partial charge is 0.421 e. The van der Waals surface area contributed by atoms with Gasteiger partial charge in [-0.2, -0.15) is 0 Å². The van der Waals surface area contributed by atoms with Crippen molar-refractivity contribution in [2.45, 2.75) is 6.92 Å². The third kappa shape index (κ3) is 1.09. The van der Waals surface area contributed by atoms with Crippen LogP contribution in [-0.4, -0.2) is 4.98 Å². The number of para-hydroxylation sites is 1. The number of H-pyrrole nitrogens is 1. The van der Waals surface area contributed by atoms with Gasteiger partial charge in [-0.05, 0) is 19.1 Å². The van der Waals surface area contributed by atoms with Crippen molar-refractivity contribution in [3.63, 3.8) is 0 Å². The average Bonchev–Trinajstić information content (AvgIpc) is 2.61. The van der Waals surface area contributed by atoms with Crippen LogP contribution in [0.1, 0.15) is 5.69 Å². The predicted octanol–water partition coefficient (Wildman–Crippen LogP) is 2.58. The molecule has 3 aromatic rings. The first kappa shape index (κ1) is 8.29. The molecule has 2 heterocycles. The lowest BCUT2D eigenvalue weighted by Crippen LogP contribution is -1.98. The van der Waals surface area contributed by atoms with Crippen LogP contribution in [0.2, 0.25) is 0 Å². The number of hydrogen-bond acceptors (Lipinski definition) is 2. The highest BCUT2D eigenvalue weighted by Crippen LogP contribution is 2.22. The van der Waals surface area contributed by atoms with Gasteiger partial charge in [0.15, 0.2) is 0 Å². The molecule has 0 bridgehead atoms. The van der Waals surface area contributed by atoms with E-state index in [1.54, 1.807) is 6.07 Å². The lowest BCUT2D eigenvalue weighted by Gasteiger charge is -1.96. The maximum absolute atomic E-state index is 11.6. The quantitative estimate of drug-likeness (QED) is 0.565. The summed E-state index contributed by atoms with van der Waals surface area (Å²) in [5, 5.41) is 1.90.